The lowest BCUT2D eigenvalue weighted by atomic mass is 10.1. The number of nitrogens with zero attached hydrogens (tertiary/aromatic N) is 6. The maximum Gasteiger partial charge on any atom is 0.410 e. The highest BCUT2D eigenvalue weighted by Crippen LogP contribution is 2.36. The minimum Gasteiger partial charge on any atom is -0.447 e. The number of aromatic nitrogens is 4. The number of hydrogen-bond donors (Lipinski definition) is 1. The van der Waals surface area contributed by atoms with Gasteiger partial charge < -0.3 is 24.4 Å². The first kappa shape index (κ1) is 25.0. The molecule has 0 unspecified atom stereocenters. The van der Waals surface area contributed by atoms with Gasteiger partial charge in [0.2, 0.25) is 0 Å². The van der Waals surface area contributed by atoms with Crippen LogP contribution in [-0.2, 0) is 4.74 Å². The zero-order valence-corrected chi connectivity index (χ0v) is 21.5. The molecule has 186 valence electrons. The second-order valence-corrected chi connectivity index (χ2v) is 9.65. The van der Waals surface area contributed by atoms with Crippen LogP contribution in [0.25, 0.3) is 11.0 Å². The Morgan fingerprint density at radius 2 is 1.83 bits per heavy atom. The van der Waals surface area contributed by atoms with Crippen LogP contribution >= 0.6 is 23.2 Å². The molecule has 1 aliphatic heterocycles. The maximum absolute atomic E-state index is 12.2. The first-order valence-corrected chi connectivity index (χ1v) is 12.0. The standard InChI is InChI=1S/C23H27Cl2N7O3/c1-13(2)35-23(34)31-7-5-15(6-8-31)32-11-17(25)18-20(27-12-28-21(18)32)29-19-16(24)9-14(10-26-19)22(33)30(3)4/h9-13,15H,5-8H2,1-4H3,(H,26,27,28,29). The predicted molar refractivity (Wildman–Crippen MR) is 135 cm³/mol. The van der Waals surface area contributed by atoms with Gasteiger partial charge in [-0.15, -0.1) is 0 Å². The number of halogens is 2. The van der Waals surface area contributed by atoms with Gasteiger partial charge in [-0.3, -0.25) is 4.79 Å². The molecule has 0 spiro atoms. The predicted octanol–water partition coefficient (Wildman–Crippen LogP) is 4.76. The van der Waals surface area contributed by atoms with Crippen molar-refractivity contribution in [2.75, 3.05) is 32.5 Å². The molecule has 1 saturated heterocycles. The summed E-state index contributed by atoms with van der Waals surface area (Å²) in [5, 5.41) is 4.53. The second-order valence-electron chi connectivity index (χ2n) is 8.83. The van der Waals surface area contributed by atoms with E-state index in [1.165, 1.54) is 17.4 Å². The van der Waals surface area contributed by atoms with Crippen molar-refractivity contribution in [2.45, 2.75) is 38.8 Å². The van der Waals surface area contributed by atoms with Gasteiger partial charge in [-0.1, -0.05) is 23.2 Å². The van der Waals surface area contributed by atoms with Gasteiger partial charge in [0.25, 0.3) is 5.91 Å². The molecule has 3 aromatic heterocycles. The van der Waals surface area contributed by atoms with Crippen molar-refractivity contribution in [1.82, 2.24) is 29.3 Å². The van der Waals surface area contributed by atoms with E-state index < -0.39 is 0 Å². The number of pyridine rings is 1. The van der Waals surface area contributed by atoms with Crippen LogP contribution in [0, 0.1) is 0 Å². The van der Waals surface area contributed by atoms with E-state index in [0.717, 1.165) is 12.8 Å². The summed E-state index contributed by atoms with van der Waals surface area (Å²) in [7, 11) is 3.32. The number of piperidine rings is 1. The topological polar surface area (TPSA) is 105 Å². The Labute approximate surface area is 213 Å². The van der Waals surface area contributed by atoms with E-state index in [4.69, 9.17) is 27.9 Å². The average Bonchev–Trinajstić information content (AvgIpc) is 3.16. The first-order chi connectivity index (χ1) is 16.7. The number of carbonyl (C=O) groups is 2. The van der Waals surface area contributed by atoms with Crippen LogP contribution in [0.4, 0.5) is 16.4 Å². The second kappa shape index (κ2) is 10.2. The summed E-state index contributed by atoms with van der Waals surface area (Å²) in [6.45, 7) is 4.84. The smallest absolute Gasteiger partial charge is 0.410 e. The van der Waals surface area contributed by atoms with Gasteiger partial charge in [-0.25, -0.2) is 19.7 Å². The van der Waals surface area contributed by atoms with Crippen LogP contribution in [0.5, 0.6) is 0 Å². The molecule has 10 nitrogen and oxygen atoms in total. The Morgan fingerprint density at radius 1 is 1.11 bits per heavy atom. The number of hydrogen-bond acceptors (Lipinski definition) is 7. The summed E-state index contributed by atoms with van der Waals surface area (Å²) in [6.07, 6.45) is 5.80. The molecule has 4 heterocycles. The van der Waals surface area contributed by atoms with Crippen molar-refractivity contribution in [2.24, 2.45) is 0 Å². The summed E-state index contributed by atoms with van der Waals surface area (Å²) in [5.74, 6) is 0.611. The number of nitrogens with one attached hydrogen (secondary N) is 1. The number of rotatable bonds is 5. The van der Waals surface area contributed by atoms with E-state index in [9.17, 15) is 9.59 Å². The van der Waals surface area contributed by atoms with Gasteiger partial charge in [0.15, 0.2) is 0 Å². The first-order valence-electron chi connectivity index (χ1n) is 11.3. The van der Waals surface area contributed by atoms with Gasteiger partial charge >= 0.3 is 6.09 Å². The monoisotopic (exact) mass is 519 g/mol. The number of amides is 2. The number of likely N-dealkylation sites (tertiary alicyclic amines) is 1. The fraction of sp³-hybridized carbons (Fsp3) is 0.435. The molecular weight excluding hydrogens is 493 g/mol. The average molecular weight is 520 g/mol. The molecule has 0 atom stereocenters. The van der Waals surface area contributed by atoms with E-state index >= 15 is 0 Å². The Bertz CT molecular complexity index is 1250. The van der Waals surface area contributed by atoms with Crippen molar-refractivity contribution < 1.29 is 14.3 Å². The third-order valence-corrected chi connectivity index (χ3v) is 6.32. The van der Waals surface area contributed by atoms with Crippen LogP contribution in [0.3, 0.4) is 0 Å². The molecule has 1 aliphatic rings. The van der Waals surface area contributed by atoms with Crippen molar-refractivity contribution >= 4 is 57.9 Å². The van der Waals surface area contributed by atoms with Crippen LogP contribution in [0.2, 0.25) is 10.0 Å². The summed E-state index contributed by atoms with van der Waals surface area (Å²) in [6, 6.07) is 1.68. The van der Waals surface area contributed by atoms with Gasteiger partial charge in [0.05, 0.1) is 27.1 Å². The van der Waals surface area contributed by atoms with Crippen LogP contribution < -0.4 is 5.32 Å². The molecule has 12 heteroatoms. The minimum absolute atomic E-state index is 0.119. The fourth-order valence-electron chi connectivity index (χ4n) is 4.03. The van der Waals surface area contributed by atoms with Crippen molar-refractivity contribution in [3.8, 4) is 0 Å². The number of anilines is 2. The van der Waals surface area contributed by atoms with Crippen LogP contribution in [0.15, 0.2) is 24.8 Å². The summed E-state index contributed by atoms with van der Waals surface area (Å²) >= 11 is 13.0. The molecular formula is C23H27Cl2N7O3. The van der Waals surface area contributed by atoms with Crippen molar-refractivity contribution in [3.63, 3.8) is 0 Å². The number of fused-ring (bicyclic) bond motifs is 1. The lowest BCUT2D eigenvalue weighted by molar-refractivity contribution is 0.0662. The minimum atomic E-state index is -0.287. The Balaban J connectivity index is 1.56. The van der Waals surface area contributed by atoms with E-state index in [-0.39, 0.29) is 29.2 Å². The summed E-state index contributed by atoms with van der Waals surface area (Å²) < 4.78 is 7.34. The molecule has 0 saturated carbocycles. The maximum atomic E-state index is 12.2. The third-order valence-electron chi connectivity index (χ3n) is 5.75. The van der Waals surface area contributed by atoms with Crippen LogP contribution in [-0.4, -0.2) is 74.6 Å². The van der Waals surface area contributed by atoms with E-state index in [1.54, 1.807) is 25.1 Å². The van der Waals surface area contributed by atoms with E-state index in [1.807, 2.05) is 24.6 Å². The molecule has 1 N–H and O–H groups in total. The molecule has 0 aliphatic carbocycles. The normalized spacial score (nSPS) is 14.4. The highest BCUT2D eigenvalue weighted by atomic mass is 35.5. The van der Waals surface area contributed by atoms with E-state index in [0.29, 0.717) is 46.3 Å². The summed E-state index contributed by atoms with van der Waals surface area (Å²) in [5.41, 5.74) is 1.05. The highest BCUT2D eigenvalue weighted by molar-refractivity contribution is 6.36. The molecule has 35 heavy (non-hydrogen) atoms. The zero-order valence-electron chi connectivity index (χ0n) is 20.0. The molecule has 1 fully saturated rings. The SMILES string of the molecule is CC(C)OC(=O)N1CCC(n2cc(Cl)c3c(Nc4ncc(C(=O)N(C)C)cc4Cl)ncnc32)CC1. The highest BCUT2D eigenvalue weighted by Gasteiger charge is 2.27. The quantitative estimate of drug-likeness (QED) is 0.517. The van der Waals surface area contributed by atoms with Crippen molar-refractivity contribution in [1.29, 1.82) is 0 Å². The van der Waals surface area contributed by atoms with E-state index in [2.05, 4.69) is 20.3 Å². The molecule has 2 amide bonds. The largest absolute Gasteiger partial charge is 0.447 e. The van der Waals surface area contributed by atoms with Crippen molar-refractivity contribution in [3.05, 3.63) is 40.4 Å². The van der Waals surface area contributed by atoms with Gasteiger partial charge in [0.1, 0.15) is 23.6 Å². The zero-order chi connectivity index (χ0) is 25.3. The van der Waals surface area contributed by atoms with Crippen LogP contribution in [0.1, 0.15) is 43.1 Å². The van der Waals surface area contributed by atoms with Gasteiger partial charge in [-0.05, 0) is 32.8 Å². The molecule has 0 radical (unpaired) electrons. The summed E-state index contributed by atoms with van der Waals surface area (Å²) in [4.78, 5) is 40.7. The number of ether oxygens (including phenoxy) is 1. The lowest BCUT2D eigenvalue weighted by Crippen LogP contribution is -2.40. The lowest BCUT2D eigenvalue weighted by Gasteiger charge is -2.32. The van der Waals surface area contributed by atoms with Gasteiger partial charge in [0, 0.05) is 45.6 Å². The molecule has 4 rings (SSSR count). The Hall–Kier alpha value is -3.11. The Morgan fingerprint density at radius 3 is 2.46 bits per heavy atom. The van der Waals surface area contributed by atoms with Gasteiger partial charge in [-0.2, -0.15) is 0 Å². The molecule has 3 aromatic rings. The Kier molecular flexibility index (Phi) is 7.32. The number of carbonyl (C=O) groups excluding carboxylic acids is 2. The molecule has 0 aromatic carbocycles. The molecule has 0 bridgehead atoms. The fourth-order valence-corrected chi connectivity index (χ4v) is 4.53. The third kappa shape index (κ3) is 5.28.